The first-order chi connectivity index (χ1) is 11.7. The minimum Gasteiger partial charge on any atom is -0.485 e. The number of ether oxygens (including phenoxy) is 1. The maximum absolute atomic E-state index is 12.2. The van der Waals surface area contributed by atoms with E-state index in [1.807, 2.05) is 24.3 Å². The van der Waals surface area contributed by atoms with E-state index in [-0.39, 0.29) is 12.1 Å². The average Bonchev–Trinajstić information content (AvgIpc) is 3.12. The summed E-state index contributed by atoms with van der Waals surface area (Å²) in [4.78, 5) is 16.2. The smallest absolute Gasteiger partial charge is 0.317 e. The summed E-state index contributed by atoms with van der Waals surface area (Å²) in [5.41, 5.74) is 2.06. The molecule has 1 atom stereocenters. The van der Waals surface area contributed by atoms with Gasteiger partial charge < -0.3 is 24.3 Å². The molecule has 1 N–H and O–H groups in total. The Labute approximate surface area is 142 Å². The van der Waals surface area contributed by atoms with Crippen molar-refractivity contribution in [3.05, 3.63) is 48.4 Å². The molecule has 3 rings (SSSR count). The molecule has 0 fully saturated rings. The van der Waals surface area contributed by atoms with E-state index in [1.54, 1.807) is 24.5 Å². The van der Waals surface area contributed by atoms with Crippen LogP contribution in [0.25, 0.3) is 0 Å². The largest absolute Gasteiger partial charge is 0.485 e. The van der Waals surface area contributed by atoms with Crippen LogP contribution in [0.3, 0.4) is 0 Å². The second kappa shape index (κ2) is 7.29. The number of benzene rings is 1. The molecule has 1 aliphatic rings. The summed E-state index contributed by atoms with van der Waals surface area (Å²) in [7, 11) is 1.78. The summed E-state index contributed by atoms with van der Waals surface area (Å²) >= 11 is 0. The molecule has 0 radical (unpaired) electrons. The zero-order valence-electron chi connectivity index (χ0n) is 14.1. The highest BCUT2D eigenvalue weighted by atomic mass is 16.5. The van der Waals surface area contributed by atoms with Crippen LogP contribution in [-0.2, 0) is 6.54 Å². The van der Waals surface area contributed by atoms with Gasteiger partial charge in [0.1, 0.15) is 11.9 Å². The number of anilines is 1. The van der Waals surface area contributed by atoms with Crippen molar-refractivity contribution in [1.29, 1.82) is 0 Å². The molecular formula is C18H23N3O3. The number of fused-ring (bicyclic) bond motifs is 1. The summed E-state index contributed by atoms with van der Waals surface area (Å²) in [5.74, 6) is 0.878. The summed E-state index contributed by atoms with van der Waals surface area (Å²) in [6, 6.07) is 9.73. The Bertz CT molecular complexity index is 672. The Balaban J connectivity index is 1.56. The van der Waals surface area contributed by atoms with E-state index in [0.29, 0.717) is 13.1 Å². The molecule has 2 heterocycles. The van der Waals surface area contributed by atoms with E-state index in [9.17, 15) is 4.79 Å². The van der Waals surface area contributed by atoms with Gasteiger partial charge in [-0.3, -0.25) is 0 Å². The molecule has 2 aromatic rings. The second-order valence-corrected chi connectivity index (χ2v) is 5.92. The summed E-state index contributed by atoms with van der Waals surface area (Å²) < 4.78 is 11.1. The molecule has 6 heteroatoms. The monoisotopic (exact) mass is 329 g/mol. The molecule has 1 aliphatic heterocycles. The maximum Gasteiger partial charge on any atom is 0.317 e. The topological polar surface area (TPSA) is 58.0 Å². The fourth-order valence-corrected chi connectivity index (χ4v) is 2.87. The number of hydrogen-bond acceptors (Lipinski definition) is 4. The number of hydrogen-bond donors (Lipinski definition) is 1. The van der Waals surface area contributed by atoms with Crippen LogP contribution in [0.15, 0.2) is 47.3 Å². The molecule has 1 aromatic carbocycles. The molecule has 2 amide bonds. The van der Waals surface area contributed by atoms with Gasteiger partial charge in [-0.15, -0.1) is 0 Å². The van der Waals surface area contributed by atoms with Gasteiger partial charge >= 0.3 is 6.03 Å². The zero-order valence-corrected chi connectivity index (χ0v) is 14.1. The molecule has 0 aliphatic carbocycles. The number of nitrogens with zero attached hydrogens (tertiary/aromatic N) is 2. The van der Waals surface area contributed by atoms with Gasteiger partial charge in [0.05, 0.1) is 31.3 Å². The normalized spacial score (nSPS) is 16.2. The van der Waals surface area contributed by atoms with Crippen molar-refractivity contribution in [3.8, 4) is 5.75 Å². The van der Waals surface area contributed by atoms with Crippen LogP contribution >= 0.6 is 0 Å². The van der Waals surface area contributed by atoms with Crippen molar-refractivity contribution in [2.75, 3.05) is 31.6 Å². The van der Waals surface area contributed by atoms with Crippen LogP contribution in [0, 0.1) is 0 Å². The first-order valence-electron chi connectivity index (χ1n) is 8.18. The number of furan rings is 1. The lowest BCUT2D eigenvalue weighted by atomic mass is 10.2. The zero-order chi connectivity index (χ0) is 16.9. The van der Waals surface area contributed by atoms with E-state index in [1.165, 1.54) is 0 Å². The second-order valence-electron chi connectivity index (χ2n) is 5.92. The lowest BCUT2D eigenvalue weighted by molar-refractivity contribution is 0.145. The van der Waals surface area contributed by atoms with Gasteiger partial charge in [-0.1, -0.05) is 12.1 Å². The molecule has 6 nitrogen and oxygen atoms in total. The third kappa shape index (κ3) is 3.64. The number of amides is 2. The average molecular weight is 329 g/mol. The van der Waals surface area contributed by atoms with Crippen LogP contribution in [0.4, 0.5) is 10.5 Å². The molecule has 0 spiro atoms. The lowest BCUT2D eigenvalue weighted by Gasteiger charge is -2.37. The fourth-order valence-electron chi connectivity index (χ4n) is 2.87. The van der Waals surface area contributed by atoms with Crippen molar-refractivity contribution in [1.82, 2.24) is 10.2 Å². The number of nitrogens with one attached hydrogen (secondary N) is 1. The minimum atomic E-state index is -0.123. The molecule has 1 aromatic heterocycles. The first-order valence-corrected chi connectivity index (χ1v) is 8.18. The number of carbonyl (C=O) groups is 1. The highest BCUT2D eigenvalue weighted by Gasteiger charge is 2.26. The van der Waals surface area contributed by atoms with E-state index >= 15 is 0 Å². The Hall–Kier alpha value is -2.63. The molecule has 1 unspecified atom stereocenters. The Morgan fingerprint density at radius 3 is 2.96 bits per heavy atom. The van der Waals surface area contributed by atoms with Crippen LogP contribution in [-0.4, -0.2) is 43.7 Å². The highest BCUT2D eigenvalue weighted by molar-refractivity contribution is 5.74. The standard InChI is InChI=1S/C18H23N3O3/c1-3-21-12-15(24-17-7-5-4-6-16(17)21)11-20(2)18(22)19-10-14-8-9-23-13-14/h4-9,13,15H,3,10-12H2,1-2H3,(H,19,22). The van der Waals surface area contributed by atoms with Gasteiger partial charge in [0.15, 0.2) is 0 Å². The first kappa shape index (κ1) is 16.2. The van der Waals surface area contributed by atoms with Crippen molar-refractivity contribution < 1.29 is 13.9 Å². The third-order valence-corrected chi connectivity index (χ3v) is 4.15. The summed E-state index contributed by atoms with van der Waals surface area (Å²) in [5, 5.41) is 2.88. The number of rotatable bonds is 5. The fraction of sp³-hybridized carbons (Fsp3) is 0.389. The van der Waals surface area contributed by atoms with Crippen molar-refractivity contribution in [3.63, 3.8) is 0 Å². The SMILES string of the molecule is CCN1CC(CN(C)C(=O)NCc2ccoc2)Oc2ccccc21. The molecule has 0 bridgehead atoms. The van der Waals surface area contributed by atoms with Crippen LogP contribution in [0.1, 0.15) is 12.5 Å². The molecule has 24 heavy (non-hydrogen) atoms. The maximum atomic E-state index is 12.2. The lowest BCUT2D eigenvalue weighted by Crippen LogP contribution is -2.48. The summed E-state index contributed by atoms with van der Waals surface area (Å²) in [6.07, 6.45) is 3.17. The number of likely N-dealkylation sites (N-methyl/N-ethyl adjacent to an activating group) is 2. The van der Waals surface area contributed by atoms with E-state index < -0.39 is 0 Å². The molecule has 0 saturated heterocycles. The van der Waals surface area contributed by atoms with Crippen molar-refractivity contribution in [2.24, 2.45) is 0 Å². The van der Waals surface area contributed by atoms with Gasteiger partial charge in [0, 0.05) is 25.7 Å². The van der Waals surface area contributed by atoms with E-state index in [2.05, 4.69) is 23.2 Å². The Morgan fingerprint density at radius 1 is 1.38 bits per heavy atom. The van der Waals surface area contributed by atoms with Crippen LogP contribution in [0.5, 0.6) is 5.75 Å². The predicted octanol–water partition coefficient (Wildman–Crippen LogP) is 2.71. The summed E-state index contributed by atoms with van der Waals surface area (Å²) in [6.45, 7) is 4.79. The van der Waals surface area contributed by atoms with E-state index in [4.69, 9.17) is 9.15 Å². The van der Waals surface area contributed by atoms with Gasteiger partial charge in [0.25, 0.3) is 0 Å². The minimum absolute atomic E-state index is 0.0514. The Morgan fingerprint density at radius 2 is 2.21 bits per heavy atom. The molecule has 0 saturated carbocycles. The van der Waals surface area contributed by atoms with E-state index in [0.717, 1.165) is 30.1 Å². The molecular weight excluding hydrogens is 306 g/mol. The van der Waals surface area contributed by atoms with Crippen molar-refractivity contribution >= 4 is 11.7 Å². The highest BCUT2D eigenvalue weighted by Crippen LogP contribution is 2.32. The van der Waals surface area contributed by atoms with Gasteiger partial charge in [-0.05, 0) is 25.1 Å². The number of para-hydroxylation sites is 2. The number of carbonyl (C=O) groups excluding carboxylic acids is 1. The van der Waals surface area contributed by atoms with Gasteiger partial charge in [0.2, 0.25) is 0 Å². The molecule has 128 valence electrons. The van der Waals surface area contributed by atoms with Crippen molar-refractivity contribution in [2.45, 2.75) is 19.6 Å². The van der Waals surface area contributed by atoms with Crippen LogP contribution < -0.4 is 15.0 Å². The Kier molecular flexibility index (Phi) is 4.93. The predicted molar refractivity (Wildman–Crippen MR) is 92.3 cm³/mol. The van der Waals surface area contributed by atoms with Crippen LogP contribution in [0.2, 0.25) is 0 Å². The quantitative estimate of drug-likeness (QED) is 0.916. The number of urea groups is 1. The van der Waals surface area contributed by atoms with Gasteiger partial charge in [-0.25, -0.2) is 4.79 Å². The van der Waals surface area contributed by atoms with Gasteiger partial charge in [-0.2, -0.15) is 0 Å². The third-order valence-electron chi connectivity index (χ3n) is 4.15.